The first kappa shape index (κ1) is 12.7. The lowest BCUT2D eigenvalue weighted by atomic mass is 9.97. The van der Waals surface area contributed by atoms with Crippen LogP contribution >= 0.6 is 0 Å². The first-order chi connectivity index (χ1) is 8.49. The van der Waals surface area contributed by atoms with Crippen molar-refractivity contribution in [1.29, 1.82) is 0 Å². The van der Waals surface area contributed by atoms with Crippen molar-refractivity contribution in [2.24, 2.45) is 5.92 Å². The minimum atomic E-state index is -1.49. The zero-order chi connectivity index (χ0) is 13.3. The molecule has 1 N–H and O–H groups in total. The second-order valence-electron chi connectivity index (χ2n) is 4.32. The molecule has 1 aliphatic heterocycles. The third-order valence-corrected chi connectivity index (χ3v) is 3.18. The number of piperidine rings is 1. The number of carbonyl (C=O) groups is 1. The molecule has 0 radical (unpaired) electrons. The standard InChI is InChI=1S/C12H12F3NO2/c13-9-5-8(6-10(14)11(9)15)16-3-1-7(2-4-16)12(17)18/h5-7H,1-4H2,(H,17,18). The van der Waals surface area contributed by atoms with Crippen molar-refractivity contribution in [3.8, 4) is 0 Å². The highest BCUT2D eigenvalue weighted by Gasteiger charge is 2.25. The van der Waals surface area contributed by atoms with Gasteiger partial charge in [0.2, 0.25) is 0 Å². The van der Waals surface area contributed by atoms with E-state index in [4.69, 9.17) is 5.11 Å². The molecule has 1 saturated heterocycles. The van der Waals surface area contributed by atoms with Gasteiger partial charge in [-0.15, -0.1) is 0 Å². The van der Waals surface area contributed by atoms with Crippen molar-refractivity contribution in [2.75, 3.05) is 18.0 Å². The molecule has 0 aromatic heterocycles. The smallest absolute Gasteiger partial charge is 0.306 e. The Balaban J connectivity index is 2.12. The third kappa shape index (κ3) is 2.42. The van der Waals surface area contributed by atoms with Crippen LogP contribution in [-0.2, 0) is 4.79 Å². The normalized spacial score (nSPS) is 16.9. The number of benzene rings is 1. The predicted molar refractivity (Wildman–Crippen MR) is 58.9 cm³/mol. The molecule has 6 heteroatoms. The fourth-order valence-electron chi connectivity index (χ4n) is 2.11. The number of hydrogen-bond donors (Lipinski definition) is 1. The Labute approximate surface area is 102 Å². The molecule has 1 aromatic rings. The summed E-state index contributed by atoms with van der Waals surface area (Å²) in [5, 5.41) is 8.83. The molecule has 3 nitrogen and oxygen atoms in total. The van der Waals surface area contributed by atoms with E-state index in [1.807, 2.05) is 0 Å². The van der Waals surface area contributed by atoms with Gasteiger partial charge in [0.05, 0.1) is 5.92 Å². The number of aliphatic carboxylic acids is 1. The molecular weight excluding hydrogens is 247 g/mol. The van der Waals surface area contributed by atoms with Crippen molar-refractivity contribution >= 4 is 11.7 Å². The lowest BCUT2D eigenvalue weighted by molar-refractivity contribution is -0.142. The van der Waals surface area contributed by atoms with Crippen LogP contribution in [0.2, 0.25) is 0 Å². The molecular formula is C12H12F3NO2. The molecule has 2 rings (SSSR count). The van der Waals surface area contributed by atoms with Gasteiger partial charge >= 0.3 is 5.97 Å². The highest BCUT2D eigenvalue weighted by atomic mass is 19.2. The van der Waals surface area contributed by atoms with Crippen LogP contribution in [-0.4, -0.2) is 24.2 Å². The first-order valence-corrected chi connectivity index (χ1v) is 5.61. The summed E-state index contributed by atoms with van der Waals surface area (Å²) in [4.78, 5) is 12.4. The zero-order valence-electron chi connectivity index (χ0n) is 9.50. The molecule has 0 spiro atoms. The van der Waals surface area contributed by atoms with Gasteiger partial charge < -0.3 is 10.0 Å². The van der Waals surface area contributed by atoms with Crippen molar-refractivity contribution in [1.82, 2.24) is 0 Å². The van der Waals surface area contributed by atoms with E-state index in [1.54, 1.807) is 4.90 Å². The summed E-state index contributed by atoms with van der Waals surface area (Å²) in [5.41, 5.74) is 0.246. The van der Waals surface area contributed by atoms with E-state index in [1.165, 1.54) is 0 Å². The van der Waals surface area contributed by atoms with Gasteiger partial charge in [0, 0.05) is 30.9 Å². The van der Waals surface area contributed by atoms with Gasteiger partial charge in [-0.1, -0.05) is 0 Å². The summed E-state index contributed by atoms with van der Waals surface area (Å²) >= 11 is 0. The molecule has 1 fully saturated rings. The van der Waals surface area contributed by atoms with Crippen molar-refractivity contribution in [3.05, 3.63) is 29.6 Å². The maximum absolute atomic E-state index is 13.1. The lowest BCUT2D eigenvalue weighted by Crippen LogP contribution is -2.36. The van der Waals surface area contributed by atoms with Gasteiger partial charge in [0.25, 0.3) is 0 Å². The van der Waals surface area contributed by atoms with Gasteiger partial charge in [-0.05, 0) is 12.8 Å². The summed E-state index contributed by atoms with van der Waals surface area (Å²) in [6, 6.07) is 1.86. The Morgan fingerprint density at radius 3 is 2.11 bits per heavy atom. The van der Waals surface area contributed by atoms with Gasteiger partial charge in [-0.3, -0.25) is 4.79 Å². The number of rotatable bonds is 2. The predicted octanol–water partition coefficient (Wildman–Crippen LogP) is 2.40. The van der Waals surface area contributed by atoms with E-state index in [-0.39, 0.29) is 5.69 Å². The zero-order valence-corrected chi connectivity index (χ0v) is 9.50. The van der Waals surface area contributed by atoms with E-state index in [2.05, 4.69) is 0 Å². The first-order valence-electron chi connectivity index (χ1n) is 5.61. The molecule has 98 valence electrons. The fourth-order valence-corrected chi connectivity index (χ4v) is 2.11. The molecule has 18 heavy (non-hydrogen) atoms. The van der Waals surface area contributed by atoms with Crippen LogP contribution in [0, 0.1) is 23.4 Å². The Hall–Kier alpha value is -1.72. The van der Waals surface area contributed by atoms with Gasteiger partial charge in [0.1, 0.15) is 0 Å². The van der Waals surface area contributed by atoms with Gasteiger partial charge in [-0.2, -0.15) is 0 Å². The molecule has 0 atom stereocenters. The van der Waals surface area contributed by atoms with Crippen molar-refractivity contribution in [3.63, 3.8) is 0 Å². The summed E-state index contributed by atoms with van der Waals surface area (Å²) < 4.78 is 38.9. The largest absolute Gasteiger partial charge is 0.481 e. The summed E-state index contributed by atoms with van der Waals surface area (Å²) in [5.74, 6) is -5.22. The molecule has 0 saturated carbocycles. The molecule has 0 amide bonds. The highest BCUT2D eigenvalue weighted by molar-refractivity contribution is 5.70. The number of hydrogen-bond acceptors (Lipinski definition) is 2. The summed E-state index contributed by atoms with van der Waals surface area (Å²) in [7, 11) is 0. The highest BCUT2D eigenvalue weighted by Crippen LogP contribution is 2.26. The molecule has 1 aromatic carbocycles. The number of nitrogens with zero attached hydrogens (tertiary/aromatic N) is 1. The topological polar surface area (TPSA) is 40.5 Å². The van der Waals surface area contributed by atoms with Gasteiger partial charge in [-0.25, -0.2) is 13.2 Å². The van der Waals surface area contributed by atoms with Crippen molar-refractivity contribution in [2.45, 2.75) is 12.8 Å². The van der Waals surface area contributed by atoms with E-state index >= 15 is 0 Å². The summed E-state index contributed by atoms with van der Waals surface area (Å²) in [6.07, 6.45) is 0.825. The third-order valence-electron chi connectivity index (χ3n) is 3.18. The quantitative estimate of drug-likeness (QED) is 0.829. The minimum Gasteiger partial charge on any atom is -0.481 e. The van der Waals surface area contributed by atoms with Crippen LogP contribution < -0.4 is 4.90 Å². The number of carboxylic acid groups (broad SMARTS) is 1. The van der Waals surface area contributed by atoms with Crippen LogP contribution in [0.5, 0.6) is 0 Å². The number of halogens is 3. The SMILES string of the molecule is O=C(O)C1CCN(c2cc(F)c(F)c(F)c2)CC1. The summed E-state index contributed by atoms with van der Waals surface area (Å²) in [6.45, 7) is 0.781. The Morgan fingerprint density at radius 2 is 1.67 bits per heavy atom. The van der Waals surface area contributed by atoms with E-state index < -0.39 is 29.3 Å². The maximum atomic E-state index is 13.1. The Bertz CT molecular complexity index is 447. The molecule has 0 aliphatic carbocycles. The monoisotopic (exact) mass is 259 g/mol. The average Bonchev–Trinajstić information content (AvgIpc) is 2.35. The molecule has 1 heterocycles. The van der Waals surface area contributed by atoms with E-state index in [9.17, 15) is 18.0 Å². The van der Waals surface area contributed by atoms with E-state index in [0.29, 0.717) is 25.9 Å². The second kappa shape index (κ2) is 4.88. The minimum absolute atomic E-state index is 0.246. The van der Waals surface area contributed by atoms with E-state index in [0.717, 1.165) is 12.1 Å². The maximum Gasteiger partial charge on any atom is 0.306 e. The van der Waals surface area contributed by atoms with Crippen LogP contribution in [0.3, 0.4) is 0 Å². The average molecular weight is 259 g/mol. The number of carboxylic acids is 1. The van der Waals surface area contributed by atoms with Crippen molar-refractivity contribution < 1.29 is 23.1 Å². The second-order valence-corrected chi connectivity index (χ2v) is 4.32. The molecule has 0 unspecified atom stereocenters. The molecule has 0 bridgehead atoms. The fraction of sp³-hybridized carbons (Fsp3) is 0.417. The van der Waals surface area contributed by atoms with Crippen LogP contribution in [0.4, 0.5) is 18.9 Å². The van der Waals surface area contributed by atoms with Crippen LogP contribution in [0.15, 0.2) is 12.1 Å². The van der Waals surface area contributed by atoms with Gasteiger partial charge in [0.15, 0.2) is 17.5 Å². The lowest BCUT2D eigenvalue weighted by Gasteiger charge is -2.31. The Morgan fingerprint density at radius 1 is 1.17 bits per heavy atom. The number of anilines is 1. The molecule has 1 aliphatic rings. The van der Waals surface area contributed by atoms with Crippen LogP contribution in [0.1, 0.15) is 12.8 Å². The van der Waals surface area contributed by atoms with Crippen LogP contribution in [0.25, 0.3) is 0 Å². The Kier molecular flexibility index (Phi) is 3.45.